The van der Waals surface area contributed by atoms with Crippen LogP contribution in [0.2, 0.25) is 0 Å². The van der Waals surface area contributed by atoms with Crippen LogP contribution >= 0.6 is 0 Å². The maximum atomic E-state index is 12.8. The van der Waals surface area contributed by atoms with E-state index in [-0.39, 0.29) is 37.5 Å². The summed E-state index contributed by atoms with van der Waals surface area (Å²) in [6.45, 7) is 6.30. The van der Waals surface area contributed by atoms with E-state index in [1.54, 1.807) is 0 Å². The molecule has 0 aliphatic heterocycles. The fourth-order valence-electron chi connectivity index (χ4n) is 7.72. The lowest BCUT2D eigenvalue weighted by atomic mass is 10.1. The maximum absolute atomic E-state index is 12.8. The lowest BCUT2D eigenvalue weighted by Gasteiger charge is -2.18. The van der Waals surface area contributed by atoms with Gasteiger partial charge >= 0.3 is 17.9 Å². The standard InChI is InChI=1S/C70H110O6/c1-4-7-10-13-16-19-22-25-28-29-30-31-32-33-34-35-36-37-38-39-40-41-43-45-48-51-54-57-60-63-69(72)75-66-67(65-74-68(71)62-59-56-53-50-47-44-27-24-21-18-15-12-9-6-3)76-70(73)64-61-58-55-52-49-46-42-26-23-20-17-14-11-8-5-2/h7-8,10-11,15-20,24-28,30-31,33-34,36-37,39-40,42,49,52,67H,4-6,9,12-14,21-23,29,32,35,38,41,43-48,50-51,53-66H2,1-3H3/b10-7-,11-8-,18-15-,19-16-,20-17-,27-24-,28-25-,31-30-,34-33-,37-36-,40-39-,42-26-,52-49-. The zero-order valence-electron chi connectivity index (χ0n) is 48.7. The molecule has 0 aromatic heterocycles. The van der Waals surface area contributed by atoms with Crippen molar-refractivity contribution in [1.82, 2.24) is 0 Å². The minimum atomic E-state index is -0.818. The first-order chi connectivity index (χ1) is 37.5. The Hall–Kier alpha value is -4.97. The van der Waals surface area contributed by atoms with E-state index in [2.05, 4.69) is 179 Å². The van der Waals surface area contributed by atoms with Gasteiger partial charge in [0.2, 0.25) is 0 Å². The first-order valence-electron chi connectivity index (χ1n) is 30.5. The van der Waals surface area contributed by atoms with E-state index in [0.29, 0.717) is 19.3 Å². The van der Waals surface area contributed by atoms with Crippen LogP contribution in [0.25, 0.3) is 0 Å². The smallest absolute Gasteiger partial charge is 0.306 e. The van der Waals surface area contributed by atoms with Gasteiger partial charge in [0.25, 0.3) is 0 Å². The average molecular weight is 1050 g/mol. The van der Waals surface area contributed by atoms with E-state index in [1.165, 1.54) is 44.9 Å². The molecular weight excluding hydrogens is 937 g/mol. The van der Waals surface area contributed by atoms with E-state index in [4.69, 9.17) is 14.2 Å². The molecule has 0 saturated heterocycles. The molecule has 0 rings (SSSR count). The highest BCUT2D eigenvalue weighted by Crippen LogP contribution is 2.13. The second-order valence-electron chi connectivity index (χ2n) is 19.5. The monoisotopic (exact) mass is 1050 g/mol. The minimum absolute atomic E-state index is 0.112. The van der Waals surface area contributed by atoms with E-state index in [0.717, 1.165) is 154 Å². The molecule has 0 aromatic carbocycles. The second kappa shape index (κ2) is 62.6. The Balaban J connectivity index is 4.40. The summed E-state index contributed by atoms with van der Waals surface area (Å²) in [7, 11) is 0. The Morgan fingerprint density at radius 1 is 0.276 bits per heavy atom. The topological polar surface area (TPSA) is 78.9 Å². The number of unbranched alkanes of at least 4 members (excludes halogenated alkanes) is 16. The number of carbonyl (C=O) groups excluding carboxylic acids is 3. The number of rotatable bonds is 53. The van der Waals surface area contributed by atoms with Crippen molar-refractivity contribution >= 4 is 17.9 Å². The third-order valence-corrected chi connectivity index (χ3v) is 12.2. The summed E-state index contributed by atoms with van der Waals surface area (Å²) < 4.78 is 16.8. The SMILES string of the molecule is CC/C=C\C/C=C\C/C=C\C/C=C\C/C=C\C/C=C\C/C=C\CCCCCCCCCC(=O)OCC(COC(=O)CCCCCCC/C=C\C/C=C\CCCC)OC(=O)CCCC/C=C\C/C=C\C/C=C\C/C=C\CC. The van der Waals surface area contributed by atoms with Crippen molar-refractivity contribution in [2.24, 2.45) is 0 Å². The van der Waals surface area contributed by atoms with E-state index in [9.17, 15) is 14.4 Å². The molecule has 0 heterocycles. The van der Waals surface area contributed by atoms with E-state index in [1.807, 2.05) is 0 Å². The summed E-state index contributed by atoms with van der Waals surface area (Å²) >= 11 is 0. The van der Waals surface area contributed by atoms with E-state index >= 15 is 0 Å². The van der Waals surface area contributed by atoms with Crippen molar-refractivity contribution in [2.45, 2.75) is 252 Å². The second-order valence-corrected chi connectivity index (χ2v) is 19.5. The Labute approximate surface area is 467 Å². The first-order valence-corrected chi connectivity index (χ1v) is 30.5. The minimum Gasteiger partial charge on any atom is -0.462 e. The Morgan fingerprint density at radius 2 is 0.513 bits per heavy atom. The highest BCUT2D eigenvalue weighted by atomic mass is 16.6. The van der Waals surface area contributed by atoms with Crippen molar-refractivity contribution in [1.29, 1.82) is 0 Å². The number of hydrogen-bond donors (Lipinski definition) is 0. The molecule has 1 atom stereocenters. The lowest BCUT2D eigenvalue weighted by Crippen LogP contribution is -2.30. The summed E-state index contributed by atoms with van der Waals surface area (Å²) in [5.74, 6) is -0.984. The predicted octanol–water partition coefficient (Wildman–Crippen LogP) is 20.9. The van der Waals surface area contributed by atoms with Crippen LogP contribution in [0, 0.1) is 0 Å². The molecule has 0 spiro atoms. The summed E-state index contributed by atoms with van der Waals surface area (Å²) in [6, 6.07) is 0. The first kappa shape index (κ1) is 71.0. The van der Waals surface area contributed by atoms with Gasteiger partial charge in [-0.3, -0.25) is 14.4 Å². The van der Waals surface area contributed by atoms with Gasteiger partial charge in [0.15, 0.2) is 6.10 Å². The highest BCUT2D eigenvalue weighted by molar-refractivity contribution is 5.71. The third kappa shape index (κ3) is 59.9. The molecule has 0 N–H and O–H groups in total. The van der Waals surface area contributed by atoms with Crippen LogP contribution in [0.5, 0.6) is 0 Å². The van der Waals surface area contributed by atoms with Crippen LogP contribution in [0.1, 0.15) is 245 Å². The fourth-order valence-corrected chi connectivity index (χ4v) is 7.72. The third-order valence-electron chi connectivity index (χ3n) is 12.2. The van der Waals surface area contributed by atoms with Gasteiger partial charge < -0.3 is 14.2 Å². The van der Waals surface area contributed by atoms with Gasteiger partial charge in [-0.15, -0.1) is 0 Å². The van der Waals surface area contributed by atoms with Crippen LogP contribution in [-0.2, 0) is 28.6 Å². The number of carbonyl (C=O) groups is 3. The molecule has 426 valence electrons. The van der Waals surface area contributed by atoms with Crippen LogP contribution in [-0.4, -0.2) is 37.2 Å². The van der Waals surface area contributed by atoms with Crippen molar-refractivity contribution < 1.29 is 28.6 Å². The summed E-state index contributed by atoms with van der Waals surface area (Å²) in [6.07, 6.45) is 91.0. The molecule has 0 aliphatic carbocycles. The number of esters is 3. The highest BCUT2D eigenvalue weighted by Gasteiger charge is 2.19. The Kier molecular flexibility index (Phi) is 58.5. The Bertz CT molecular complexity index is 1720. The molecule has 0 aromatic rings. The predicted molar refractivity (Wildman–Crippen MR) is 329 cm³/mol. The average Bonchev–Trinajstić information content (AvgIpc) is 3.42. The summed E-state index contributed by atoms with van der Waals surface area (Å²) in [5.41, 5.74) is 0. The van der Waals surface area contributed by atoms with Crippen LogP contribution in [0.4, 0.5) is 0 Å². The molecule has 0 amide bonds. The molecule has 1 unspecified atom stereocenters. The molecule has 6 heteroatoms. The zero-order chi connectivity index (χ0) is 55.0. The Morgan fingerprint density at radius 3 is 0.829 bits per heavy atom. The van der Waals surface area contributed by atoms with Crippen molar-refractivity contribution in [2.75, 3.05) is 13.2 Å². The van der Waals surface area contributed by atoms with Gasteiger partial charge in [0.05, 0.1) is 0 Å². The lowest BCUT2D eigenvalue weighted by molar-refractivity contribution is -0.167. The molecule has 0 aliphatic rings. The molecule has 0 radical (unpaired) electrons. The van der Waals surface area contributed by atoms with Gasteiger partial charge in [-0.05, 0) is 141 Å². The zero-order valence-corrected chi connectivity index (χ0v) is 48.7. The van der Waals surface area contributed by atoms with Crippen molar-refractivity contribution in [3.8, 4) is 0 Å². The van der Waals surface area contributed by atoms with Gasteiger partial charge in [0, 0.05) is 19.3 Å². The number of hydrogen-bond acceptors (Lipinski definition) is 6. The largest absolute Gasteiger partial charge is 0.462 e. The van der Waals surface area contributed by atoms with Crippen LogP contribution < -0.4 is 0 Å². The summed E-state index contributed by atoms with van der Waals surface area (Å²) in [5, 5.41) is 0. The number of ether oxygens (including phenoxy) is 3. The molecule has 0 fully saturated rings. The molecule has 0 bridgehead atoms. The number of allylic oxidation sites excluding steroid dienone is 26. The molecule has 0 saturated carbocycles. The normalized spacial score (nSPS) is 13.2. The van der Waals surface area contributed by atoms with E-state index < -0.39 is 6.10 Å². The van der Waals surface area contributed by atoms with Gasteiger partial charge in [-0.25, -0.2) is 0 Å². The van der Waals surface area contributed by atoms with Crippen molar-refractivity contribution in [3.63, 3.8) is 0 Å². The van der Waals surface area contributed by atoms with Crippen LogP contribution in [0.15, 0.2) is 158 Å². The summed E-state index contributed by atoms with van der Waals surface area (Å²) in [4.78, 5) is 38.2. The molecule has 6 nitrogen and oxygen atoms in total. The van der Waals surface area contributed by atoms with Gasteiger partial charge in [-0.1, -0.05) is 243 Å². The fraction of sp³-hybridized carbons (Fsp3) is 0.586. The van der Waals surface area contributed by atoms with Gasteiger partial charge in [0.1, 0.15) is 13.2 Å². The van der Waals surface area contributed by atoms with Gasteiger partial charge in [-0.2, -0.15) is 0 Å². The molecule has 76 heavy (non-hydrogen) atoms. The quantitative estimate of drug-likeness (QED) is 0.0261. The van der Waals surface area contributed by atoms with Crippen molar-refractivity contribution in [3.05, 3.63) is 158 Å². The molecular formula is C70H110O6. The maximum Gasteiger partial charge on any atom is 0.306 e. The van der Waals surface area contributed by atoms with Crippen LogP contribution in [0.3, 0.4) is 0 Å².